The van der Waals surface area contributed by atoms with Gasteiger partial charge in [0.15, 0.2) is 0 Å². The minimum atomic E-state index is 0. The van der Waals surface area contributed by atoms with Crippen LogP contribution in [0.25, 0.3) is 0 Å². The molecular weight excluding hydrogens is 184 g/mol. The van der Waals surface area contributed by atoms with E-state index in [1.807, 2.05) is 0 Å². The molecule has 80 valence electrons. The molecule has 0 bridgehead atoms. The number of unbranched alkanes of at least 4 members (excludes halogenated alkanes) is 4. The van der Waals surface area contributed by atoms with Crippen LogP contribution in [0.3, 0.4) is 0 Å². The van der Waals surface area contributed by atoms with Crippen LogP contribution < -0.4 is 0 Å². The van der Waals surface area contributed by atoms with E-state index in [4.69, 9.17) is 0 Å². The number of rotatable bonds is 8. The molecule has 0 unspecified atom stereocenters. The summed E-state index contributed by atoms with van der Waals surface area (Å²) in [7, 11) is 0. The number of hydrogen-bond acceptors (Lipinski definition) is 1. The topological polar surface area (TPSA) is 17.1 Å². The molecule has 0 aromatic heterocycles. The van der Waals surface area contributed by atoms with Gasteiger partial charge < -0.3 is 0 Å². The van der Waals surface area contributed by atoms with Gasteiger partial charge in [-0.25, -0.2) is 0 Å². The van der Waals surface area contributed by atoms with Crippen LogP contribution in [0.1, 0.15) is 65.2 Å². The summed E-state index contributed by atoms with van der Waals surface area (Å²) >= 11 is 0. The highest BCUT2D eigenvalue weighted by Gasteiger charge is 1.99. The SMILES string of the molecule is CCCCCC(=O)CCCCC.Cl. The highest BCUT2D eigenvalue weighted by Crippen LogP contribution is 2.05. The maximum atomic E-state index is 11.2. The van der Waals surface area contributed by atoms with Crippen LogP contribution >= 0.6 is 12.4 Å². The lowest BCUT2D eigenvalue weighted by Gasteiger charge is -1.98. The van der Waals surface area contributed by atoms with Crippen LogP contribution in [0.4, 0.5) is 0 Å². The van der Waals surface area contributed by atoms with E-state index < -0.39 is 0 Å². The van der Waals surface area contributed by atoms with Gasteiger partial charge in [-0.15, -0.1) is 12.4 Å². The number of carbonyl (C=O) groups is 1. The van der Waals surface area contributed by atoms with Crippen molar-refractivity contribution in [2.75, 3.05) is 0 Å². The van der Waals surface area contributed by atoms with Gasteiger partial charge >= 0.3 is 0 Å². The summed E-state index contributed by atoms with van der Waals surface area (Å²) in [6.07, 6.45) is 8.67. The van der Waals surface area contributed by atoms with Crippen LogP contribution in [0.2, 0.25) is 0 Å². The Morgan fingerprint density at radius 3 is 1.54 bits per heavy atom. The first kappa shape index (κ1) is 15.4. The lowest BCUT2D eigenvalue weighted by molar-refractivity contribution is -0.119. The van der Waals surface area contributed by atoms with Crippen molar-refractivity contribution in [1.29, 1.82) is 0 Å². The Bertz CT molecular complexity index is 101. The van der Waals surface area contributed by atoms with Crippen molar-refractivity contribution in [3.8, 4) is 0 Å². The molecule has 0 amide bonds. The quantitative estimate of drug-likeness (QED) is 0.546. The Kier molecular flexibility index (Phi) is 14.2. The molecule has 0 N–H and O–H groups in total. The van der Waals surface area contributed by atoms with Crippen LogP contribution in [0.5, 0.6) is 0 Å². The van der Waals surface area contributed by atoms with Gasteiger partial charge in [0.05, 0.1) is 0 Å². The largest absolute Gasteiger partial charge is 0.300 e. The first-order valence-corrected chi connectivity index (χ1v) is 5.33. The van der Waals surface area contributed by atoms with E-state index in [9.17, 15) is 4.79 Å². The number of carbonyl (C=O) groups excluding carboxylic acids is 1. The number of ketones is 1. The maximum absolute atomic E-state index is 11.2. The maximum Gasteiger partial charge on any atom is 0.132 e. The molecule has 0 saturated heterocycles. The lowest BCUT2D eigenvalue weighted by atomic mass is 10.1. The number of hydrogen-bond donors (Lipinski definition) is 0. The van der Waals surface area contributed by atoms with Crippen molar-refractivity contribution in [3.05, 3.63) is 0 Å². The Hall–Kier alpha value is -0.0400. The molecule has 0 saturated carbocycles. The van der Waals surface area contributed by atoms with Gasteiger partial charge in [-0.1, -0.05) is 39.5 Å². The second-order valence-electron chi connectivity index (χ2n) is 3.45. The first-order valence-electron chi connectivity index (χ1n) is 5.33. The highest BCUT2D eigenvalue weighted by atomic mass is 35.5. The number of halogens is 1. The zero-order valence-electron chi connectivity index (χ0n) is 8.97. The van der Waals surface area contributed by atoms with E-state index in [1.165, 1.54) is 25.7 Å². The summed E-state index contributed by atoms with van der Waals surface area (Å²) in [5.41, 5.74) is 0. The zero-order valence-corrected chi connectivity index (χ0v) is 9.79. The third kappa shape index (κ3) is 12.0. The predicted molar refractivity (Wildman–Crippen MR) is 60.5 cm³/mol. The first-order chi connectivity index (χ1) is 5.81. The number of Topliss-reactive ketones (excluding diaryl/α,β-unsaturated/α-hetero) is 1. The van der Waals surface area contributed by atoms with Crippen molar-refractivity contribution >= 4 is 18.2 Å². The van der Waals surface area contributed by atoms with Gasteiger partial charge in [0.25, 0.3) is 0 Å². The molecule has 0 spiro atoms. The third-order valence-electron chi connectivity index (χ3n) is 2.12. The van der Waals surface area contributed by atoms with Crippen molar-refractivity contribution in [2.24, 2.45) is 0 Å². The van der Waals surface area contributed by atoms with Gasteiger partial charge in [0.2, 0.25) is 0 Å². The van der Waals surface area contributed by atoms with Crippen LogP contribution in [-0.4, -0.2) is 5.78 Å². The summed E-state index contributed by atoms with van der Waals surface area (Å²) in [6, 6.07) is 0. The monoisotopic (exact) mass is 206 g/mol. The van der Waals surface area contributed by atoms with Gasteiger partial charge in [-0.05, 0) is 12.8 Å². The fourth-order valence-electron chi connectivity index (χ4n) is 1.27. The van der Waals surface area contributed by atoms with Gasteiger partial charge in [-0.3, -0.25) is 4.79 Å². The Morgan fingerprint density at radius 1 is 0.846 bits per heavy atom. The van der Waals surface area contributed by atoms with E-state index in [2.05, 4.69) is 13.8 Å². The van der Waals surface area contributed by atoms with Crippen LogP contribution in [0.15, 0.2) is 0 Å². The fraction of sp³-hybridized carbons (Fsp3) is 0.909. The standard InChI is InChI=1S/C11H22O.ClH/c1-3-5-7-9-11(12)10-8-6-4-2;/h3-10H2,1-2H3;1H. The molecule has 2 heteroatoms. The van der Waals surface area contributed by atoms with E-state index in [1.54, 1.807) is 0 Å². The van der Waals surface area contributed by atoms with E-state index in [-0.39, 0.29) is 12.4 Å². The highest BCUT2D eigenvalue weighted by molar-refractivity contribution is 5.85. The van der Waals surface area contributed by atoms with Crippen molar-refractivity contribution in [1.82, 2.24) is 0 Å². The second kappa shape index (κ2) is 12.0. The lowest BCUT2D eigenvalue weighted by Crippen LogP contribution is -1.96. The second-order valence-corrected chi connectivity index (χ2v) is 3.45. The van der Waals surface area contributed by atoms with Crippen molar-refractivity contribution in [3.63, 3.8) is 0 Å². The van der Waals surface area contributed by atoms with Crippen molar-refractivity contribution in [2.45, 2.75) is 65.2 Å². The molecular formula is C11H23ClO. The predicted octanol–water partition coefficient (Wildman–Crippen LogP) is 4.14. The molecule has 0 radical (unpaired) electrons. The van der Waals surface area contributed by atoms with E-state index in [0.717, 1.165) is 25.7 Å². The average molecular weight is 207 g/mol. The molecule has 0 aromatic carbocycles. The fourth-order valence-corrected chi connectivity index (χ4v) is 1.27. The average Bonchev–Trinajstić information content (AvgIpc) is 2.06. The minimum Gasteiger partial charge on any atom is -0.300 e. The summed E-state index contributed by atoms with van der Waals surface area (Å²) in [4.78, 5) is 11.2. The molecule has 0 rings (SSSR count). The molecule has 1 nitrogen and oxygen atoms in total. The van der Waals surface area contributed by atoms with E-state index in [0.29, 0.717) is 5.78 Å². The van der Waals surface area contributed by atoms with E-state index >= 15 is 0 Å². The van der Waals surface area contributed by atoms with Gasteiger partial charge in [-0.2, -0.15) is 0 Å². The summed E-state index contributed by atoms with van der Waals surface area (Å²) in [6.45, 7) is 4.34. The Morgan fingerprint density at radius 2 is 1.23 bits per heavy atom. The molecule has 13 heavy (non-hydrogen) atoms. The van der Waals surface area contributed by atoms with Crippen molar-refractivity contribution < 1.29 is 4.79 Å². The molecule has 0 fully saturated rings. The smallest absolute Gasteiger partial charge is 0.132 e. The summed E-state index contributed by atoms with van der Waals surface area (Å²) in [5.74, 6) is 0.469. The molecule has 0 aliphatic carbocycles. The zero-order chi connectivity index (χ0) is 9.23. The minimum absolute atomic E-state index is 0. The summed E-state index contributed by atoms with van der Waals surface area (Å²) < 4.78 is 0. The molecule has 0 atom stereocenters. The van der Waals surface area contributed by atoms with Gasteiger partial charge in [0, 0.05) is 12.8 Å². The third-order valence-corrected chi connectivity index (χ3v) is 2.12. The molecule has 0 heterocycles. The van der Waals surface area contributed by atoms with Crippen LogP contribution in [0, 0.1) is 0 Å². The Labute approximate surface area is 88.7 Å². The van der Waals surface area contributed by atoms with Crippen LogP contribution in [-0.2, 0) is 4.79 Å². The molecule has 0 aromatic rings. The normalized spacial score (nSPS) is 9.38. The molecule has 0 aliphatic heterocycles. The summed E-state index contributed by atoms with van der Waals surface area (Å²) in [5, 5.41) is 0. The molecule has 0 aliphatic rings. The van der Waals surface area contributed by atoms with Gasteiger partial charge in [0.1, 0.15) is 5.78 Å². The Balaban J connectivity index is 0.